The van der Waals surface area contributed by atoms with Crippen LogP contribution >= 0.6 is 0 Å². The fraction of sp³-hybridized carbons (Fsp3) is 0.786. The third-order valence-corrected chi connectivity index (χ3v) is 3.47. The molecule has 0 fully saturated rings. The van der Waals surface area contributed by atoms with Crippen molar-refractivity contribution >= 4 is 11.9 Å². The normalized spacial score (nSPS) is 10.8. The molecule has 1 rings (SSSR count). The van der Waals surface area contributed by atoms with Crippen LogP contribution in [0, 0.1) is 0 Å². The third-order valence-electron chi connectivity index (χ3n) is 3.47. The molecular formula is C14H28N6O. The molecule has 0 aliphatic rings. The van der Waals surface area contributed by atoms with Crippen molar-refractivity contribution in [3.05, 3.63) is 0 Å². The van der Waals surface area contributed by atoms with E-state index in [4.69, 9.17) is 4.74 Å². The van der Waals surface area contributed by atoms with Crippen molar-refractivity contribution < 1.29 is 4.74 Å². The lowest BCUT2D eigenvalue weighted by Crippen LogP contribution is -2.31. The van der Waals surface area contributed by atoms with E-state index >= 15 is 0 Å². The molecule has 1 aromatic heterocycles. The van der Waals surface area contributed by atoms with Crippen molar-refractivity contribution in [2.45, 2.75) is 27.2 Å². The summed E-state index contributed by atoms with van der Waals surface area (Å²) < 4.78 is 5.13. The van der Waals surface area contributed by atoms with E-state index in [9.17, 15) is 0 Å². The Morgan fingerprint density at radius 3 is 2.24 bits per heavy atom. The number of methoxy groups -OCH3 is 1. The van der Waals surface area contributed by atoms with Gasteiger partial charge in [-0.25, -0.2) is 0 Å². The van der Waals surface area contributed by atoms with Gasteiger partial charge in [-0.3, -0.25) is 0 Å². The van der Waals surface area contributed by atoms with E-state index in [1.165, 1.54) is 0 Å². The van der Waals surface area contributed by atoms with E-state index in [1.54, 1.807) is 14.2 Å². The summed E-state index contributed by atoms with van der Waals surface area (Å²) in [4.78, 5) is 17.4. The molecule has 0 unspecified atom stereocenters. The summed E-state index contributed by atoms with van der Waals surface area (Å²) >= 11 is 0. The monoisotopic (exact) mass is 296 g/mol. The second-order valence-electron chi connectivity index (χ2n) is 4.66. The summed E-state index contributed by atoms with van der Waals surface area (Å²) in [5, 5.41) is 2.94. The second kappa shape index (κ2) is 9.33. The Labute approximate surface area is 127 Å². The first-order chi connectivity index (χ1) is 10.2. The van der Waals surface area contributed by atoms with Gasteiger partial charge in [-0.05, 0) is 33.0 Å². The molecule has 0 aromatic carbocycles. The van der Waals surface area contributed by atoms with Gasteiger partial charge in [0.1, 0.15) is 0 Å². The fourth-order valence-electron chi connectivity index (χ4n) is 2.11. The van der Waals surface area contributed by atoms with Crippen molar-refractivity contribution in [3.8, 4) is 6.01 Å². The predicted octanol–water partition coefficient (Wildman–Crippen LogP) is 1.48. The van der Waals surface area contributed by atoms with E-state index in [1.807, 2.05) is 0 Å². The number of nitrogens with zero attached hydrogens (tertiary/aromatic N) is 5. The lowest BCUT2D eigenvalue weighted by Gasteiger charge is -2.23. The number of nitrogens with one attached hydrogen (secondary N) is 1. The molecule has 21 heavy (non-hydrogen) atoms. The number of aromatic nitrogens is 3. The molecule has 0 saturated heterocycles. The summed E-state index contributed by atoms with van der Waals surface area (Å²) in [6.45, 7) is 11.5. The van der Waals surface area contributed by atoms with Crippen LogP contribution in [0.5, 0.6) is 6.01 Å². The topological polar surface area (TPSA) is 66.4 Å². The minimum absolute atomic E-state index is 0.339. The smallest absolute Gasteiger partial charge is 0.322 e. The van der Waals surface area contributed by atoms with Gasteiger partial charge in [0.05, 0.1) is 7.11 Å². The molecule has 0 aliphatic heterocycles. The molecule has 1 heterocycles. The summed E-state index contributed by atoms with van der Waals surface area (Å²) in [7, 11) is 3.35. The molecule has 7 nitrogen and oxygen atoms in total. The highest BCUT2D eigenvalue weighted by molar-refractivity contribution is 5.37. The van der Waals surface area contributed by atoms with Crippen LogP contribution < -0.4 is 15.0 Å². The van der Waals surface area contributed by atoms with Crippen molar-refractivity contribution in [2.24, 2.45) is 0 Å². The third kappa shape index (κ3) is 5.34. The maximum absolute atomic E-state index is 5.13. The summed E-state index contributed by atoms with van der Waals surface area (Å²) in [5.74, 6) is 1.19. The van der Waals surface area contributed by atoms with E-state index in [0.29, 0.717) is 17.9 Å². The Bertz CT molecular complexity index is 388. The van der Waals surface area contributed by atoms with E-state index < -0.39 is 0 Å². The minimum Gasteiger partial charge on any atom is -0.467 e. The molecular weight excluding hydrogens is 268 g/mol. The van der Waals surface area contributed by atoms with Crippen LogP contribution in [-0.4, -0.2) is 66.7 Å². The number of rotatable bonds is 10. The van der Waals surface area contributed by atoms with Gasteiger partial charge in [-0.15, -0.1) is 0 Å². The largest absolute Gasteiger partial charge is 0.467 e. The SMILES string of the molecule is CCN(CC)CCCN(CC)c1nc(NC)nc(OC)n1. The molecule has 0 amide bonds. The summed E-state index contributed by atoms with van der Waals surface area (Å²) in [6, 6.07) is 0.339. The van der Waals surface area contributed by atoms with Crippen LogP contribution in [-0.2, 0) is 0 Å². The van der Waals surface area contributed by atoms with Gasteiger partial charge in [-0.2, -0.15) is 15.0 Å². The Balaban J connectivity index is 2.70. The lowest BCUT2D eigenvalue weighted by molar-refractivity contribution is 0.300. The van der Waals surface area contributed by atoms with Gasteiger partial charge >= 0.3 is 6.01 Å². The van der Waals surface area contributed by atoms with Gasteiger partial charge in [0.2, 0.25) is 11.9 Å². The molecule has 0 spiro atoms. The summed E-state index contributed by atoms with van der Waals surface area (Å²) in [6.07, 6.45) is 1.08. The standard InChI is InChI=1S/C14H28N6O/c1-6-19(7-2)10-9-11-20(8-3)13-16-12(15-4)17-14(18-13)21-5/h6-11H2,1-5H3,(H,15,16,17,18). The van der Waals surface area contributed by atoms with Crippen LogP contribution in [0.3, 0.4) is 0 Å². The van der Waals surface area contributed by atoms with Crippen LogP contribution in [0.4, 0.5) is 11.9 Å². The van der Waals surface area contributed by atoms with Crippen molar-refractivity contribution in [2.75, 3.05) is 57.1 Å². The Kier molecular flexibility index (Phi) is 7.74. The van der Waals surface area contributed by atoms with E-state index in [0.717, 1.165) is 39.1 Å². The van der Waals surface area contributed by atoms with Crippen LogP contribution in [0.15, 0.2) is 0 Å². The van der Waals surface area contributed by atoms with Crippen LogP contribution in [0.2, 0.25) is 0 Å². The summed E-state index contributed by atoms with van der Waals surface area (Å²) in [5.41, 5.74) is 0. The van der Waals surface area contributed by atoms with E-state index in [2.05, 4.69) is 50.8 Å². The minimum atomic E-state index is 0.339. The second-order valence-corrected chi connectivity index (χ2v) is 4.66. The molecule has 7 heteroatoms. The fourth-order valence-corrected chi connectivity index (χ4v) is 2.11. The molecule has 0 bridgehead atoms. The molecule has 120 valence electrons. The maximum atomic E-state index is 5.13. The number of anilines is 2. The van der Waals surface area contributed by atoms with E-state index in [-0.39, 0.29) is 0 Å². The Hall–Kier alpha value is -1.63. The highest BCUT2D eigenvalue weighted by atomic mass is 16.5. The van der Waals surface area contributed by atoms with Crippen LogP contribution in [0.25, 0.3) is 0 Å². The van der Waals surface area contributed by atoms with Gasteiger partial charge in [0, 0.05) is 20.1 Å². The van der Waals surface area contributed by atoms with Gasteiger partial charge < -0.3 is 19.9 Å². The van der Waals surface area contributed by atoms with Gasteiger partial charge in [0.25, 0.3) is 0 Å². The number of hydrogen-bond acceptors (Lipinski definition) is 7. The quantitative estimate of drug-likeness (QED) is 0.701. The van der Waals surface area contributed by atoms with Gasteiger partial charge in [0.15, 0.2) is 0 Å². The van der Waals surface area contributed by atoms with Gasteiger partial charge in [-0.1, -0.05) is 13.8 Å². The average molecular weight is 296 g/mol. The first kappa shape index (κ1) is 17.4. The lowest BCUT2D eigenvalue weighted by atomic mass is 10.3. The maximum Gasteiger partial charge on any atom is 0.322 e. The Morgan fingerprint density at radius 2 is 1.71 bits per heavy atom. The highest BCUT2D eigenvalue weighted by Gasteiger charge is 2.12. The number of ether oxygens (including phenoxy) is 1. The first-order valence-electron chi connectivity index (χ1n) is 7.63. The zero-order valence-electron chi connectivity index (χ0n) is 13.9. The van der Waals surface area contributed by atoms with Crippen molar-refractivity contribution in [3.63, 3.8) is 0 Å². The van der Waals surface area contributed by atoms with Crippen molar-refractivity contribution in [1.82, 2.24) is 19.9 Å². The molecule has 1 aromatic rings. The Morgan fingerprint density at radius 1 is 1.00 bits per heavy atom. The molecule has 0 atom stereocenters. The molecule has 0 radical (unpaired) electrons. The zero-order valence-corrected chi connectivity index (χ0v) is 13.9. The predicted molar refractivity (Wildman–Crippen MR) is 86.2 cm³/mol. The zero-order chi connectivity index (χ0) is 15.7. The first-order valence-corrected chi connectivity index (χ1v) is 7.63. The highest BCUT2D eigenvalue weighted by Crippen LogP contribution is 2.14. The molecule has 0 aliphatic carbocycles. The number of hydrogen-bond donors (Lipinski definition) is 1. The average Bonchev–Trinajstić information content (AvgIpc) is 2.54. The van der Waals surface area contributed by atoms with Crippen LogP contribution in [0.1, 0.15) is 27.2 Å². The molecule has 1 N–H and O–H groups in total. The van der Waals surface area contributed by atoms with Crippen molar-refractivity contribution in [1.29, 1.82) is 0 Å². The molecule has 0 saturated carbocycles.